The quantitative estimate of drug-likeness (QED) is 0.165. The SMILES string of the molecule is CC1(C)c2ccccc2-c2ccc(N(c3ccccc3)c3ccc(-c4c5ccccc5cc5c6ccccc6n(-c6ccc(-c7ccccc7)cc6)c45)cc3)cc21. The van der Waals surface area contributed by atoms with Crippen molar-refractivity contribution in [3.63, 3.8) is 0 Å². The van der Waals surface area contributed by atoms with Crippen LogP contribution in [-0.2, 0) is 5.41 Å². The summed E-state index contributed by atoms with van der Waals surface area (Å²) in [6, 6.07) is 75.6. The van der Waals surface area contributed by atoms with Crippen molar-refractivity contribution in [2.45, 2.75) is 19.3 Å². The van der Waals surface area contributed by atoms with Gasteiger partial charge in [-0.3, -0.25) is 0 Å². The van der Waals surface area contributed by atoms with Crippen LogP contribution in [-0.4, -0.2) is 4.57 Å². The van der Waals surface area contributed by atoms with E-state index in [-0.39, 0.29) is 5.41 Å². The number of hydrogen-bond donors (Lipinski definition) is 0. The van der Waals surface area contributed by atoms with Gasteiger partial charge in [-0.2, -0.15) is 0 Å². The molecule has 9 aromatic carbocycles. The predicted molar refractivity (Wildman–Crippen MR) is 241 cm³/mol. The molecule has 2 heteroatoms. The van der Waals surface area contributed by atoms with Crippen molar-refractivity contribution in [2.75, 3.05) is 4.90 Å². The number of anilines is 3. The first-order valence-electron chi connectivity index (χ1n) is 19.9. The van der Waals surface area contributed by atoms with Crippen LogP contribution >= 0.6 is 0 Å². The highest BCUT2D eigenvalue weighted by Gasteiger charge is 2.35. The molecule has 0 saturated carbocycles. The molecule has 0 aliphatic heterocycles. The van der Waals surface area contributed by atoms with Gasteiger partial charge in [-0.15, -0.1) is 0 Å². The van der Waals surface area contributed by atoms with E-state index in [2.05, 4.69) is 230 Å². The molecule has 270 valence electrons. The molecule has 57 heavy (non-hydrogen) atoms. The molecule has 0 N–H and O–H groups in total. The summed E-state index contributed by atoms with van der Waals surface area (Å²) in [5, 5.41) is 4.98. The number of nitrogens with zero attached hydrogens (tertiary/aromatic N) is 2. The summed E-state index contributed by atoms with van der Waals surface area (Å²) >= 11 is 0. The lowest BCUT2D eigenvalue weighted by atomic mass is 9.82. The third-order valence-corrected chi connectivity index (χ3v) is 12.2. The summed E-state index contributed by atoms with van der Waals surface area (Å²) < 4.78 is 2.47. The van der Waals surface area contributed by atoms with E-state index in [4.69, 9.17) is 0 Å². The molecule has 0 atom stereocenters. The molecule has 1 aliphatic carbocycles. The zero-order valence-corrected chi connectivity index (χ0v) is 32.0. The van der Waals surface area contributed by atoms with Gasteiger partial charge in [0, 0.05) is 44.5 Å². The molecule has 1 heterocycles. The summed E-state index contributed by atoms with van der Waals surface area (Å²) in [4.78, 5) is 2.40. The first kappa shape index (κ1) is 33.2. The van der Waals surface area contributed by atoms with E-state index >= 15 is 0 Å². The molecule has 0 saturated heterocycles. The minimum atomic E-state index is -0.0891. The van der Waals surface area contributed by atoms with Gasteiger partial charge >= 0.3 is 0 Å². The van der Waals surface area contributed by atoms with Crippen LogP contribution in [0.1, 0.15) is 25.0 Å². The van der Waals surface area contributed by atoms with E-state index in [1.807, 2.05) is 0 Å². The molecule has 1 aromatic heterocycles. The zero-order chi connectivity index (χ0) is 38.1. The van der Waals surface area contributed by atoms with Crippen molar-refractivity contribution >= 4 is 49.6 Å². The molecular formula is C55H40N2. The Hall–Kier alpha value is -7.16. The highest BCUT2D eigenvalue weighted by molar-refractivity contribution is 6.21. The van der Waals surface area contributed by atoms with Crippen molar-refractivity contribution in [1.29, 1.82) is 0 Å². The Morgan fingerprint density at radius 3 is 1.77 bits per heavy atom. The number of hydrogen-bond acceptors (Lipinski definition) is 1. The summed E-state index contributed by atoms with van der Waals surface area (Å²) in [6.45, 7) is 4.70. The third-order valence-electron chi connectivity index (χ3n) is 12.2. The van der Waals surface area contributed by atoms with Gasteiger partial charge in [-0.25, -0.2) is 0 Å². The lowest BCUT2D eigenvalue weighted by Gasteiger charge is -2.28. The minimum absolute atomic E-state index is 0.0891. The Kier molecular flexibility index (Phi) is 7.55. The van der Waals surface area contributed by atoms with Gasteiger partial charge < -0.3 is 9.47 Å². The minimum Gasteiger partial charge on any atom is -0.310 e. The van der Waals surface area contributed by atoms with Crippen LogP contribution in [0.25, 0.3) is 71.6 Å². The van der Waals surface area contributed by atoms with Gasteiger partial charge in [0.2, 0.25) is 0 Å². The maximum atomic E-state index is 2.47. The summed E-state index contributed by atoms with van der Waals surface area (Å²) in [5.41, 5.74) is 17.1. The van der Waals surface area contributed by atoms with Gasteiger partial charge in [-0.1, -0.05) is 159 Å². The zero-order valence-electron chi connectivity index (χ0n) is 32.0. The Labute approximate surface area is 333 Å². The Bertz CT molecular complexity index is 3120. The molecule has 0 bridgehead atoms. The van der Waals surface area contributed by atoms with E-state index in [1.165, 1.54) is 77.1 Å². The van der Waals surface area contributed by atoms with Crippen LogP contribution in [0, 0.1) is 0 Å². The summed E-state index contributed by atoms with van der Waals surface area (Å²) in [5.74, 6) is 0. The lowest BCUT2D eigenvalue weighted by molar-refractivity contribution is 0.660. The molecule has 2 nitrogen and oxygen atoms in total. The van der Waals surface area contributed by atoms with Gasteiger partial charge in [0.25, 0.3) is 0 Å². The van der Waals surface area contributed by atoms with Gasteiger partial charge in [-0.05, 0) is 110 Å². The second kappa shape index (κ2) is 13.0. The van der Waals surface area contributed by atoms with Crippen molar-refractivity contribution < 1.29 is 0 Å². The third kappa shape index (κ3) is 5.25. The summed E-state index contributed by atoms with van der Waals surface area (Å²) in [6.07, 6.45) is 0. The van der Waals surface area contributed by atoms with Crippen LogP contribution in [0.2, 0.25) is 0 Å². The van der Waals surface area contributed by atoms with Crippen molar-refractivity contribution in [3.05, 3.63) is 217 Å². The first-order valence-corrected chi connectivity index (χ1v) is 19.9. The molecule has 0 fully saturated rings. The number of rotatable bonds is 6. The normalized spacial score (nSPS) is 12.9. The molecule has 0 amide bonds. The maximum absolute atomic E-state index is 2.47. The highest BCUT2D eigenvalue weighted by Crippen LogP contribution is 2.51. The molecule has 0 radical (unpaired) electrons. The average molecular weight is 729 g/mol. The van der Waals surface area contributed by atoms with E-state index in [0.717, 1.165) is 22.7 Å². The van der Waals surface area contributed by atoms with Crippen LogP contribution in [0.15, 0.2) is 206 Å². The van der Waals surface area contributed by atoms with Gasteiger partial charge in [0.15, 0.2) is 0 Å². The Balaban J connectivity index is 1.09. The monoisotopic (exact) mass is 728 g/mol. The van der Waals surface area contributed by atoms with E-state index in [0.29, 0.717) is 0 Å². The fourth-order valence-corrected chi connectivity index (χ4v) is 9.42. The smallest absolute Gasteiger partial charge is 0.0625 e. The fourth-order valence-electron chi connectivity index (χ4n) is 9.42. The molecule has 11 rings (SSSR count). The number of para-hydroxylation sites is 2. The maximum Gasteiger partial charge on any atom is 0.0625 e. The second-order valence-electron chi connectivity index (χ2n) is 15.8. The number of fused-ring (bicyclic) bond motifs is 7. The Morgan fingerprint density at radius 1 is 0.404 bits per heavy atom. The number of benzene rings is 9. The fraction of sp³-hybridized carbons (Fsp3) is 0.0545. The van der Waals surface area contributed by atoms with Gasteiger partial charge in [0.05, 0.1) is 11.0 Å². The highest BCUT2D eigenvalue weighted by atomic mass is 15.1. The Morgan fingerprint density at radius 2 is 0.982 bits per heavy atom. The van der Waals surface area contributed by atoms with Crippen molar-refractivity contribution in [1.82, 2.24) is 4.57 Å². The van der Waals surface area contributed by atoms with E-state index in [1.54, 1.807) is 0 Å². The van der Waals surface area contributed by atoms with Crippen molar-refractivity contribution in [3.8, 4) is 39.1 Å². The van der Waals surface area contributed by atoms with Crippen LogP contribution in [0.5, 0.6) is 0 Å². The van der Waals surface area contributed by atoms with Crippen LogP contribution in [0.3, 0.4) is 0 Å². The molecule has 0 spiro atoms. The number of aromatic nitrogens is 1. The second-order valence-corrected chi connectivity index (χ2v) is 15.8. The predicted octanol–water partition coefficient (Wildman–Crippen LogP) is 15.0. The standard InChI is InChI=1S/C55H40N2/c1-55(2)50-23-13-11-21-46(50)47-34-33-44(36-51(47)55)56(41-18-7-4-8-19-41)42-31-27-39(28-32-42)53-45-20-10-9-17-40(45)35-49-48-22-12-14-24-52(48)57(54(49)53)43-29-25-38(26-30-43)37-15-5-3-6-16-37/h3-36H,1-2H3. The molecule has 0 unspecified atom stereocenters. The molecule has 10 aromatic rings. The van der Waals surface area contributed by atoms with E-state index < -0.39 is 0 Å². The topological polar surface area (TPSA) is 8.17 Å². The summed E-state index contributed by atoms with van der Waals surface area (Å²) in [7, 11) is 0. The molecular weight excluding hydrogens is 689 g/mol. The largest absolute Gasteiger partial charge is 0.310 e. The van der Waals surface area contributed by atoms with Gasteiger partial charge in [0.1, 0.15) is 0 Å². The van der Waals surface area contributed by atoms with Crippen molar-refractivity contribution in [2.24, 2.45) is 0 Å². The van der Waals surface area contributed by atoms with E-state index in [9.17, 15) is 0 Å². The average Bonchev–Trinajstić information content (AvgIpc) is 3.72. The first-order chi connectivity index (χ1) is 28.0. The van der Waals surface area contributed by atoms with Crippen LogP contribution < -0.4 is 4.90 Å². The van der Waals surface area contributed by atoms with Crippen LogP contribution in [0.4, 0.5) is 17.1 Å². The lowest BCUT2D eigenvalue weighted by Crippen LogP contribution is -2.16. The molecule has 1 aliphatic rings.